The first-order valence-corrected chi connectivity index (χ1v) is 17.0. The second-order valence-corrected chi connectivity index (χ2v) is 13.0. The number of hydrogen-bond donors (Lipinski definition) is 0. The standard InChI is InChI=1S/C46H26N4O/c1-4-13-32-27(9-1)12-7-16-35(32)45-48-44(30-22-24-39-38(25-30)41-31(26-47-39)20-19-28-10-2-5-14-33(28)41)49-46(50-45)37-17-8-18-40-42(37)36-23-21-29-11-3-6-15-34(29)43(36)51-40/h1-26H. The van der Waals surface area contributed by atoms with Gasteiger partial charge < -0.3 is 4.42 Å². The van der Waals surface area contributed by atoms with Crippen LogP contribution in [0.2, 0.25) is 0 Å². The highest BCUT2D eigenvalue weighted by atomic mass is 16.3. The second-order valence-electron chi connectivity index (χ2n) is 13.0. The summed E-state index contributed by atoms with van der Waals surface area (Å²) in [5.74, 6) is 1.80. The van der Waals surface area contributed by atoms with E-state index in [0.717, 1.165) is 76.5 Å². The molecular formula is C46H26N4O. The van der Waals surface area contributed by atoms with Crippen molar-refractivity contribution in [3.63, 3.8) is 0 Å². The fourth-order valence-electron chi connectivity index (χ4n) is 7.73. The molecule has 5 heteroatoms. The van der Waals surface area contributed by atoms with Crippen LogP contribution in [0.4, 0.5) is 0 Å². The highest BCUT2D eigenvalue weighted by molar-refractivity contribution is 6.20. The van der Waals surface area contributed by atoms with Gasteiger partial charge in [-0.2, -0.15) is 0 Å². The molecule has 11 aromatic rings. The molecule has 0 fully saturated rings. The number of rotatable bonds is 3. The van der Waals surface area contributed by atoms with Gasteiger partial charge in [-0.25, -0.2) is 15.0 Å². The quantitative estimate of drug-likeness (QED) is 0.178. The Hall–Kier alpha value is -6.98. The van der Waals surface area contributed by atoms with Gasteiger partial charge in [0.1, 0.15) is 11.2 Å². The van der Waals surface area contributed by atoms with Crippen LogP contribution in [0, 0.1) is 0 Å². The summed E-state index contributed by atoms with van der Waals surface area (Å²) in [6.07, 6.45) is 1.96. The van der Waals surface area contributed by atoms with E-state index in [0.29, 0.717) is 17.5 Å². The number of benzene rings is 8. The summed E-state index contributed by atoms with van der Waals surface area (Å²) in [6.45, 7) is 0. The first-order chi connectivity index (χ1) is 25.3. The van der Waals surface area contributed by atoms with Gasteiger partial charge in [-0.3, -0.25) is 4.98 Å². The predicted octanol–water partition coefficient (Wildman–Crippen LogP) is 11.9. The fraction of sp³-hybridized carbons (Fsp3) is 0. The van der Waals surface area contributed by atoms with Crippen molar-refractivity contribution < 1.29 is 4.42 Å². The van der Waals surface area contributed by atoms with Gasteiger partial charge in [0.2, 0.25) is 0 Å². The molecule has 11 rings (SSSR count). The number of hydrogen-bond acceptors (Lipinski definition) is 5. The van der Waals surface area contributed by atoms with Crippen LogP contribution in [-0.2, 0) is 0 Å². The lowest BCUT2D eigenvalue weighted by atomic mass is 9.98. The van der Waals surface area contributed by atoms with E-state index in [4.69, 9.17) is 24.4 Å². The van der Waals surface area contributed by atoms with Crippen LogP contribution in [0.25, 0.3) is 110 Å². The zero-order chi connectivity index (χ0) is 33.5. The molecule has 0 saturated heterocycles. The van der Waals surface area contributed by atoms with E-state index in [1.807, 2.05) is 18.3 Å². The van der Waals surface area contributed by atoms with Gasteiger partial charge in [-0.1, -0.05) is 121 Å². The average molecular weight is 651 g/mol. The highest BCUT2D eigenvalue weighted by Gasteiger charge is 2.20. The number of pyridine rings is 1. The third kappa shape index (κ3) is 4.28. The van der Waals surface area contributed by atoms with Gasteiger partial charge in [0.25, 0.3) is 0 Å². The molecule has 0 atom stereocenters. The van der Waals surface area contributed by atoms with Crippen LogP contribution in [0.15, 0.2) is 162 Å². The maximum atomic E-state index is 6.56. The molecule has 0 amide bonds. The maximum Gasteiger partial charge on any atom is 0.164 e. The zero-order valence-electron chi connectivity index (χ0n) is 27.2. The largest absolute Gasteiger partial charge is 0.455 e. The van der Waals surface area contributed by atoms with Crippen molar-refractivity contribution in [3.05, 3.63) is 158 Å². The topological polar surface area (TPSA) is 64.7 Å². The van der Waals surface area contributed by atoms with Gasteiger partial charge in [-0.05, 0) is 57.3 Å². The SMILES string of the molecule is c1ccc2c(-c3nc(-c4ccc5ncc6ccc7ccccc7c6c5c4)nc(-c4cccc5oc6c7ccccc7ccc6c45)n3)cccc2c1. The van der Waals surface area contributed by atoms with Crippen LogP contribution >= 0.6 is 0 Å². The van der Waals surface area contributed by atoms with Crippen LogP contribution in [-0.4, -0.2) is 19.9 Å². The van der Waals surface area contributed by atoms with Crippen LogP contribution in [0.1, 0.15) is 0 Å². The lowest BCUT2D eigenvalue weighted by Gasteiger charge is -2.12. The Labute approximate surface area is 291 Å². The minimum atomic E-state index is 0.589. The van der Waals surface area contributed by atoms with E-state index >= 15 is 0 Å². The van der Waals surface area contributed by atoms with E-state index in [9.17, 15) is 0 Å². The van der Waals surface area contributed by atoms with Crippen LogP contribution in [0.5, 0.6) is 0 Å². The molecule has 0 saturated carbocycles. The van der Waals surface area contributed by atoms with Gasteiger partial charge in [-0.15, -0.1) is 0 Å². The summed E-state index contributed by atoms with van der Waals surface area (Å²) in [6, 6.07) is 52.5. The molecule has 0 N–H and O–H groups in total. The van der Waals surface area contributed by atoms with Gasteiger partial charge in [0, 0.05) is 55.2 Å². The number of furan rings is 1. The van der Waals surface area contributed by atoms with E-state index in [1.54, 1.807) is 0 Å². The molecule has 236 valence electrons. The van der Waals surface area contributed by atoms with Crippen molar-refractivity contribution in [3.8, 4) is 34.2 Å². The summed E-state index contributed by atoms with van der Waals surface area (Å²) in [5, 5.41) is 12.2. The summed E-state index contributed by atoms with van der Waals surface area (Å²) in [7, 11) is 0. The Kier molecular flexibility index (Phi) is 5.89. The Morgan fingerprint density at radius 3 is 1.88 bits per heavy atom. The number of fused-ring (bicyclic) bond motifs is 11. The van der Waals surface area contributed by atoms with E-state index in [2.05, 4.69) is 140 Å². The summed E-state index contributed by atoms with van der Waals surface area (Å²) in [4.78, 5) is 20.5. The van der Waals surface area contributed by atoms with Gasteiger partial charge >= 0.3 is 0 Å². The van der Waals surface area contributed by atoms with Crippen LogP contribution in [0.3, 0.4) is 0 Å². The second kappa shape index (κ2) is 10.8. The molecule has 0 bridgehead atoms. The van der Waals surface area contributed by atoms with Crippen molar-refractivity contribution >= 4 is 75.9 Å². The molecule has 8 aromatic carbocycles. The number of nitrogens with zero attached hydrogens (tertiary/aromatic N) is 4. The molecule has 51 heavy (non-hydrogen) atoms. The van der Waals surface area contributed by atoms with Crippen molar-refractivity contribution in [1.29, 1.82) is 0 Å². The molecule has 0 spiro atoms. The Balaban J connectivity index is 1.21. The molecule has 0 radical (unpaired) electrons. The third-order valence-electron chi connectivity index (χ3n) is 10.1. The molecule has 0 aliphatic heterocycles. The first-order valence-electron chi connectivity index (χ1n) is 17.0. The first kappa shape index (κ1) is 27.9. The Morgan fingerprint density at radius 1 is 0.392 bits per heavy atom. The monoisotopic (exact) mass is 650 g/mol. The van der Waals surface area contributed by atoms with Gasteiger partial charge in [0.15, 0.2) is 17.5 Å². The van der Waals surface area contributed by atoms with Crippen molar-refractivity contribution in [2.45, 2.75) is 0 Å². The smallest absolute Gasteiger partial charge is 0.164 e. The average Bonchev–Trinajstić information content (AvgIpc) is 3.59. The minimum Gasteiger partial charge on any atom is -0.455 e. The molecule has 0 aliphatic carbocycles. The third-order valence-corrected chi connectivity index (χ3v) is 10.1. The Morgan fingerprint density at radius 2 is 1.02 bits per heavy atom. The van der Waals surface area contributed by atoms with E-state index < -0.39 is 0 Å². The minimum absolute atomic E-state index is 0.589. The zero-order valence-corrected chi connectivity index (χ0v) is 27.2. The lowest BCUT2D eigenvalue weighted by molar-refractivity contribution is 0.672. The Bertz CT molecular complexity index is 3210. The maximum absolute atomic E-state index is 6.56. The van der Waals surface area contributed by atoms with Crippen molar-refractivity contribution in [2.75, 3.05) is 0 Å². The summed E-state index contributed by atoms with van der Waals surface area (Å²) < 4.78 is 6.56. The molecule has 0 aliphatic rings. The van der Waals surface area contributed by atoms with E-state index in [-0.39, 0.29) is 0 Å². The fourth-order valence-corrected chi connectivity index (χ4v) is 7.73. The van der Waals surface area contributed by atoms with Crippen LogP contribution < -0.4 is 0 Å². The molecule has 3 aromatic heterocycles. The number of aromatic nitrogens is 4. The molecular weight excluding hydrogens is 625 g/mol. The normalized spacial score (nSPS) is 11.9. The highest BCUT2D eigenvalue weighted by Crippen LogP contribution is 2.40. The lowest BCUT2D eigenvalue weighted by Crippen LogP contribution is -2.01. The van der Waals surface area contributed by atoms with Crippen molar-refractivity contribution in [2.24, 2.45) is 0 Å². The van der Waals surface area contributed by atoms with E-state index in [1.165, 1.54) is 16.2 Å². The van der Waals surface area contributed by atoms with Crippen molar-refractivity contribution in [1.82, 2.24) is 19.9 Å². The van der Waals surface area contributed by atoms with Gasteiger partial charge in [0.05, 0.1) is 5.52 Å². The summed E-state index contributed by atoms with van der Waals surface area (Å²) in [5.41, 5.74) is 5.32. The summed E-state index contributed by atoms with van der Waals surface area (Å²) >= 11 is 0. The molecule has 5 nitrogen and oxygen atoms in total. The predicted molar refractivity (Wildman–Crippen MR) is 209 cm³/mol. The molecule has 3 heterocycles. The molecule has 0 unspecified atom stereocenters.